The zero-order valence-electron chi connectivity index (χ0n) is 17.3. The summed E-state index contributed by atoms with van der Waals surface area (Å²) in [6, 6.07) is 11.1. The van der Waals surface area contributed by atoms with Crippen molar-refractivity contribution in [2.24, 2.45) is 0 Å². The normalized spacial score (nSPS) is 16.2. The van der Waals surface area contributed by atoms with E-state index >= 15 is 0 Å². The molecule has 1 aliphatic heterocycles. The number of carbonyl (C=O) groups excluding carboxylic acids is 1. The zero-order chi connectivity index (χ0) is 22.1. The minimum atomic E-state index is -0.153. The lowest BCUT2D eigenvalue weighted by Crippen LogP contribution is -2.18. The molecule has 1 aliphatic rings. The predicted molar refractivity (Wildman–Crippen MR) is 126 cm³/mol. The second-order valence-corrected chi connectivity index (χ2v) is 8.61. The number of ether oxygens (including phenoxy) is 1. The highest BCUT2D eigenvalue weighted by molar-refractivity contribution is 7.10. The van der Waals surface area contributed by atoms with Gasteiger partial charge in [-0.1, -0.05) is 23.7 Å². The molecule has 0 aliphatic carbocycles. The number of hydrogen-bond donors (Lipinski definition) is 2. The Morgan fingerprint density at radius 1 is 1.28 bits per heavy atom. The van der Waals surface area contributed by atoms with E-state index in [4.69, 9.17) is 16.3 Å². The van der Waals surface area contributed by atoms with Crippen LogP contribution in [0.15, 0.2) is 42.6 Å². The summed E-state index contributed by atoms with van der Waals surface area (Å²) in [5.41, 5.74) is 2.99. The Kier molecular flexibility index (Phi) is 5.77. The third kappa shape index (κ3) is 3.94. The van der Waals surface area contributed by atoms with Crippen molar-refractivity contribution >= 4 is 50.8 Å². The van der Waals surface area contributed by atoms with Crippen LogP contribution in [0.2, 0.25) is 5.02 Å². The number of hydrogen-bond acceptors (Lipinski definition) is 7. The maximum absolute atomic E-state index is 11.9. The number of carbonyl (C=O) groups is 1. The molecule has 164 valence electrons. The SMILES string of the molecule is CNC(=O)c1cccc(-c2nsc(Nc3ccc4c(cnn4C4CCCCO4)c3Cl)n2)c1. The molecule has 8 nitrogen and oxygen atoms in total. The van der Waals surface area contributed by atoms with Crippen LogP contribution in [0, 0.1) is 0 Å². The van der Waals surface area contributed by atoms with Crippen LogP contribution >= 0.6 is 23.1 Å². The van der Waals surface area contributed by atoms with Gasteiger partial charge in [-0.2, -0.15) is 14.5 Å². The highest BCUT2D eigenvalue weighted by Crippen LogP contribution is 2.36. The molecule has 2 aromatic carbocycles. The van der Waals surface area contributed by atoms with Crippen LogP contribution in [-0.2, 0) is 4.74 Å². The lowest BCUT2D eigenvalue weighted by Gasteiger charge is -2.23. The Bertz CT molecular complexity index is 1280. The van der Waals surface area contributed by atoms with Gasteiger partial charge in [0, 0.05) is 41.7 Å². The smallest absolute Gasteiger partial charge is 0.251 e. The van der Waals surface area contributed by atoms with Gasteiger partial charge in [0.1, 0.15) is 0 Å². The first-order valence-electron chi connectivity index (χ1n) is 10.3. The van der Waals surface area contributed by atoms with E-state index in [1.807, 2.05) is 28.9 Å². The number of amides is 1. The molecule has 0 radical (unpaired) electrons. The second kappa shape index (κ2) is 8.85. The maximum Gasteiger partial charge on any atom is 0.251 e. The molecule has 3 heterocycles. The van der Waals surface area contributed by atoms with Crippen LogP contribution in [-0.4, -0.2) is 38.7 Å². The van der Waals surface area contributed by atoms with Crippen LogP contribution < -0.4 is 10.6 Å². The van der Waals surface area contributed by atoms with E-state index in [0.29, 0.717) is 21.5 Å². The number of halogens is 1. The molecule has 1 atom stereocenters. The van der Waals surface area contributed by atoms with Gasteiger partial charge >= 0.3 is 0 Å². The van der Waals surface area contributed by atoms with E-state index in [9.17, 15) is 4.79 Å². The predicted octanol–water partition coefficient (Wildman–Crippen LogP) is 5.01. The minimum Gasteiger partial charge on any atom is -0.356 e. The lowest BCUT2D eigenvalue weighted by atomic mass is 10.1. The van der Waals surface area contributed by atoms with Gasteiger partial charge in [0.05, 0.1) is 22.4 Å². The Morgan fingerprint density at radius 2 is 2.19 bits per heavy atom. The molecule has 0 spiro atoms. The van der Waals surface area contributed by atoms with Gasteiger partial charge in [0.25, 0.3) is 5.91 Å². The molecule has 32 heavy (non-hydrogen) atoms. The topological polar surface area (TPSA) is 94.0 Å². The number of nitrogens with zero attached hydrogens (tertiary/aromatic N) is 4. The van der Waals surface area contributed by atoms with Gasteiger partial charge in [-0.05, 0) is 43.5 Å². The number of fused-ring (bicyclic) bond motifs is 1. The van der Waals surface area contributed by atoms with Crippen molar-refractivity contribution in [1.82, 2.24) is 24.5 Å². The molecule has 10 heteroatoms. The highest BCUT2D eigenvalue weighted by Gasteiger charge is 2.20. The van der Waals surface area contributed by atoms with Gasteiger partial charge in [-0.15, -0.1) is 0 Å². The van der Waals surface area contributed by atoms with E-state index in [1.54, 1.807) is 25.4 Å². The summed E-state index contributed by atoms with van der Waals surface area (Å²) < 4.78 is 12.2. The molecule has 0 bridgehead atoms. The first kappa shape index (κ1) is 20.9. The number of benzene rings is 2. The van der Waals surface area contributed by atoms with E-state index in [-0.39, 0.29) is 12.1 Å². The lowest BCUT2D eigenvalue weighted by molar-refractivity contribution is -0.0366. The fourth-order valence-electron chi connectivity index (χ4n) is 3.78. The molecule has 1 unspecified atom stereocenters. The molecule has 1 amide bonds. The number of aromatic nitrogens is 4. The third-order valence-electron chi connectivity index (χ3n) is 5.42. The number of nitrogens with one attached hydrogen (secondary N) is 2. The van der Waals surface area contributed by atoms with Gasteiger partial charge in [0.2, 0.25) is 5.13 Å². The van der Waals surface area contributed by atoms with Crippen LogP contribution in [0.25, 0.3) is 22.3 Å². The van der Waals surface area contributed by atoms with Gasteiger partial charge in [-0.3, -0.25) is 4.79 Å². The first-order valence-corrected chi connectivity index (χ1v) is 11.5. The summed E-state index contributed by atoms with van der Waals surface area (Å²) in [6.07, 6.45) is 4.89. The Morgan fingerprint density at radius 3 is 3.00 bits per heavy atom. The Labute approximate surface area is 193 Å². The second-order valence-electron chi connectivity index (χ2n) is 7.48. The van der Waals surface area contributed by atoms with Crippen molar-refractivity contribution in [3.05, 3.63) is 53.2 Å². The molecule has 0 saturated carbocycles. The highest BCUT2D eigenvalue weighted by atomic mass is 35.5. The molecular formula is C22H21ClN6O2S. The summed E-state index contributed by atoms with van der Waals surface area (Å²) >= 11 is 7.92. The molecular weight excluding hydrogens is 448 g/mol. The van der Waals surface area contributed by atoms with Crippen molar-refractivity contribution in [1.29, 1.82) is 0 Å². The molecule has 1 saturated heterocycles. The minimum absolute atomic E-state index is 0.0487. The maximum atomic E-state index is 11.9. The Balaban J connectivity index is 1.39. The first-order chi connectivity index (χ1) is 15.6. The van der Waals surface area contributed by atoms with Crippen LogP contribution in [0.3, 0.4) is 0 Å². The van der Waals surface area contributed by atoms with Crippen LogP contribution in [0.1, 0.15) is 35.8 Å². The molecule has 4 aromatic rings. The van der Waals surface area contributed by atoms with E-state index in [2.05, 4.69) is 25.1 Å². The summed E-state index contributed by atoms with van der Waals surface area (Å²) in [5.74, 6) is 0.391. The summed E-state index contributed by atoms with van der Waals surface area (Å²) in [6.45, 7) is 0.755. The molecule has 2 N–H and O–H groups in total. The summed E-state index contributed by atoms with van der Waals surface area (Å²) in [5, 5.41) is 12.4. The summed E-state index contributed by atoms with van der Waals surface area (Å²) in [7, 11) is 1.60. The summed E-state index contributed by atoms with van der Waals surface area (Å²) in [4.78, 5) is 16.5. The average molecular weight is 469 g/mol. The van der Waals surface area contributed by atoms with E-state index in [1.165, 1.54) is 11.5 Å². The van der Waals surface area contributed by atoms with Gasteiger partial charge < -0.3 is 15.4 Å². The number of anilines is 2. The van der Waals surface area contributed by atoms with Gasteiger partial charge in [0.15, 0.2) is 12.1 Å². The zero-order valence-corrected chi connectivity index (χ0v) is 18.9. The Hall–Kier alpha value is -3.01. The molecule has 1 fully saturated rings. The van der Waals surface area contributed by atoms with E-state index < -0.39 is 0 Å². The number of rotatable bonds is 5. The van der Waals surface area contributed by atoms with Crippen molar-refractivity contribution < 1.29 is 9.53 Å². The van der Waals surface area contributed by atoms with Crippen molar-refractivity contribution in [3.63, 3.8) is 0 Å². The third-order valence-corrected chi connectivity index (χ3v) is 6.46. The van der Waals surface area contributed by atoms with Crippen molar-refractivity contribution in [2.45, 2.75) is 25.5 Å². The van der Waals surface area contributed by atoms with Crippen LogP contribution in [0.4, 0.5) is 10.8 Å². The standard InChI is InChI=1S/C22H21ClN6O2S/c1-24-21(30)14-6-4-5-13(11-14)20-27-22(32-28-20)26-16-8-9-17-15(19(16)23)12-25-29(17)18-7-2-3-10-31-18/h4-6,8-9,11-12,18H,2-3,7,10H2,1H3,(H,24,30)(H,26,27,28). The largest absolute Gasteiger partial charge is 0.356 e. The fraction of sp³-hybridized carbons (Fsp3) is 0.273. The fourth-order valence-corrected chi connectivity index (χ4v) is 4.64. The van der Waals surface area contributed by atoms with Crippen LogP contribution in [0.5, 0.6) is 0 Å². The van der Waals surface area contributed by atoms with Gasteiger partial charge in [-0.25, -0.2) is 4.68 Å². The molecule has 5 rings (SSSR count). The van der Waals surface area contributed by atoms with E-state index in [0.717, 1.165) is 48.0 Å². The average Bonchev–Trinajstić information content (AvgIpc) is 3.49. The molecule has 2 aromatic heterocycles. The monoisotopic (exact) mass is 468 g/mol. The van der Waals surface area contributed by atoms with Crippen molar-refractivity contribution in [2.75, 3.05) is 19.0 Å². The van der Waals surface area contributed by atoms with Crippen molar-refractivity contribution in [3.8, 4) is 11.4 Å². The quantitative estimate of drug-likeness (QED) is 0.427.